The van der Waals surface area contributed by atoms with Crippen molar-refractivity contribution in [2.24, 2.45) is 0 Å². The maximum Gasteiger partial charge on any atom is 0.326 e. The lowest BCUT2D eigenvalue weighted by Gasteiger charge is -2.19. The highest BCUT2D eigenvalue weighted by Crippen LogP contribution is 2.20. The van der Waals surface area contributed by atoms with Crippen LogP contribution in [0.25, 0.3) is 11.0 Å². The highest BCUT2D eigenvalue weighted by molar-refractivity contribution is 7.00. The van der Waals surface area contributed by atoms with Gasteiger partial charge in [-0.25, -0.2) is 4.79 Å². The molecule has 1 heterocycles. The zero-order valence-corrected chi connectivity index (χ0v) is 13.4. The first-order chi connectivity index (χ1) is 10.5. The molecule has 0 aliphatic heterocycles. The van der Waals surface area contributed by atoms with E-state index in [1.165, 1.54) is 5.56 Å². The maximum atomic E-state index is 12.4. The maximum absolute atomic E-state index is 12.4. The van der Waals surface area contributed by atoms with Crippen molar-refractivity contribution >= 4 is 40.2 Å². The first kappa shape index (κ1) is 14.5. The summed E-state index contributed by atoms with van der Waals surface area (Å²) in [5.74, 6) is 0. The summed E-state index contributed by atoms with van der Waals surface area (Å²) in [6, 6.07) is 11.3. The summed E-state index contributed by atoms with van der Waals surface area (Å²) in [5.41, 5.74) is 5.56. The Morgan fingerprint density at radius 1 is 1.05 bits per heavy atom. The van der Waals surface area contributed by atoms with Crippen molar-refractivity contribution in [3.8, 4) is 0 Å². The lowest BCUT2D eigenvalue weighted by Crippen LogP contribution is -2.31. The second-order valence-electron chi connectivity index (χ2n) is 5.23. The molecule has 0 aliphatic rings. The number of urea groups is 1. The molecule has 3 rings (SSSR count). The molecule has 2 amide bonds. The van der Waals surface area contributed by atoms with Crippen LogP contribution in [0.4, 0.5) is 16.2 Å². The van der Waals surface area contributed by atoms with Crippen LogP contribution in [0.1, 0.15) is 11.1 Å². The van der Waals surface area contributed by atoms with E-state index in [-0.39, 0.29) is 6.03 Å². The van der Waals surface area contributed by atoms with Crippen molar-refractivity contribution in [2.75, 3.05) is 17.3 Å². The van der Waals surface area contributed by atoms with Crippen LogP contribution in [-0.4, -0.2) is 21.8 Å². The number of fused-ring (bicyclic) bond motifs is 1. The van der Waals surface area contributed by atoms with E-state index in [1.807, 2.05) is 43.3 Å². The molecule has 22 heavy (non-hydrogen) atoms. The molecular weight excluding hydrogens is 296 g/mol. The van der Waals surface area contributed by atoms with Gasteiger partial charge in [0.15, 0.2) is 0 Å². The molecule has 112 valence electrons. The van der Waals surface area contributed by atoms with E-state index in [4.69, 9.17) is 0 Å². The Morgan fingerprint density at radius 2 is 1.82 bits per heavy atom. The van der Waals surface area contributed by atoms with E-state index in [2.05, 4.69) is 21.0 Å². The van der Waals surface area contributed by atoms with Gasteiger partial charge in [-0.2, -0.15) is 8.75 Å². The number of nitrogens with one attached hydrogen (secondary N) is 1. The molecule has 0 saturated heterocycles. The quantitative estimate of drug-likeness (QED) is 0.778. The van der Waals surface area contributed by atoms with Crippen molar-refractivity contribution in [2.45, 2.75) is 13.8 Å². The lowest BCUT2D eigenvalue weighted by atomic mass is 10.1. The van der Waals surface area contributed by atoms with Gasteiger partial charge in [0.2, 0.25) is 0 Å². The fourth-order valence-corrected chi connectivity index (χ4v) is 2.64. The minimum atomic E-state index is -0.189. The number of hydrogen-bond acceptors (Lipinski definition) is 4. The van der Waals surface area contributed by atoms with E-state index in [9.17, 15) is 4.79 Å². The summed E-state index contributed by atoms with van der Waals surface area (Å²) >= 11 is 1.16. The number of carbonyl (C=O) groups is 1. The molecule has 0 unspecified atom stereocenters. The van der Waals surface area contributed by atoms with Crippen molar-refractivity contribution in [3.05, 3.63) is 47.5 Å². The Hall–Kier alpha value is -2.47. The predicted molar refractivity (Wildman–Crippen MR) is 90.8 cm³/mol. The Kier molecular flexibility index (Phi) is 3.77. The molecule has 5 nitrogen and oxygen atoms in total. The highest BCUT2D eigenvalue weighted by atomic mass is 32.1. The number of rotatable bonds is 2. The molecule has 2 aromatic carbocycles. The second kappa shape index (κ2) is 5.73. The number of benzene rings is 2. The van der Waals surface area contributed by atoms with E-state index in [0.717, 1.165) is 34.0 Å². The zero-order valence-electron chi connectivity index (χ0n) is 12.6. The van der Waals surface area contributed by atoms with Crippen molar-refractivity contribution in [3.63, 3.8) is 0 Å². The van der Waals surface area contributed by atoms with E-state index < -0.39 is 0 Å². The number of aromatic nitrogens is 2. The molecule has 0 radical (unpaired) electrons. The Morgan fingerprint density at radius 3 is 2.59 bits per heavy atom. The van der Waals surface area contributed by atoms with Crippen molar-refractivity contribution in [1.82, 2.24) is 8.75 Å². The SMILES string of the molecule is Cc1ccc(N(C)C(=O)Nc2ccc3nsnc3c2)cc1C. The van der Waals surface area contributed by atoms with Gasteiger partial charge in [-0.15, -0.1) is 0 Å². The number of hydrogen-bond donors (Lipinski definition) is 1. The van der Waals surface area contributed by atoms with E-state index in [0.29, 0.717) is 5.69 Å². The molecule has 3 aromatic rings. The number of amides is 2. The molecule has 0 aliphatic carbocycles. The topological polar surface area (TPSA) is 58.1 Å². The summed E-state index contributed by atoms with van der Waals surface area (Å²) in [5, 5.41) is 2.88. The first-order valence-electron chi connectivity index (χ1n) is 6.89. The minimum Gasteiger partial charge on any atom is -0.307 e. The van der Waals surface area contributed by atoms with Gasteiger partial charge in [0, 0.05) is 18.4 Å². The summed E-state index contributed by atoms with van der Waals surface area (Å²) in [7, 11) is 1.75. The molecule has 1 aromatic heterocycles. The Bertz CT molecular complexity index is 843. The fraction of sp³-hybridized carbons (Fsp3) is 0.188. The lowest BCUT2D eigenvalue weighted by molar-refractivity contribution is 0.258. The zero-order chi connectivity index (χ0) is 15.7. The monoisotopic (exact) mass is 312 g/mol. The fourth-order valence-electron chi connectivity index (χ4n) is 2.12. The van der Waals surface area contributed by atoms with Crippen LogP contribution in [0.2, 0.25) is 0 Å². The Balaban J connectivity index is 1.79. The molecule has 0 spiro atoms. The molecule has 1 N–H and O–H groups in total. The van der Waals surface area contributed by atoms with E-state index in [1.54, 1.807) is 11.9 Å². The van der Waals surface area contributed by atoms with Crippen LogP contribution in [0.15, 0.2) is 36.4 Å². The molecule has 6 heteroatoms. The van der Waals surface area contributed by atoms with Gasteiger partial charge in [0.1, 0.15) is 11.0 Å². The molecular formula is C16H16N4OS. The van der Waals surface area contributed by atoms with Gasteiger partial charge in [0.25, 0.3) is 0 Å². The number of nitrogens with zero attached hydrogens (tertiary/aromatic N) is 3. The molecule has 0 atom stereocenters. The highest BCUT2D eigenvalue weighted by Gasteiger charge is 2.12. The minimum absolute atomic E-state index is 0.189. The van der Waals surface area contributed by atoms with Crippen LogP contribution < -0.4 is 10.2 Å². The molecule has 0 bridgehead atoms. The summed E-state index contributed by atoms with van der Waals surface area (Å²) in [6.45, 7) is 4.09. The summed E-state index contributed by atoms with van der Waals surface area (Å²) < 4.78 is 8.32. The standard InChI is InChI=1S/C16H16N4OS/c1-10-4-6-13(8-11(10)2)20(3)16(21)17-12-5-7-14-15(9-12)19-22-18-14/h4-9H,1-3H3,(H,17,21). The normalized spacial score (nSPS) is 10.7. The van der Waals surface area contributed by atoms with Gasteiger partial charge >= 0.3 is 6.03 Å². The van der Waals surface area contributed by atoms with Crippen LogP contribution in [0.3, 0.4) is 0 Å². The smallest absolute Gasteiger partial charge is 0.307 e. The van der Waals surface area contributed by atoms with Crippen molar-refractivity contribution < 1.29 is 4.79 Å². The Labute approximate surface area is 132 Å². The van der Waals surface area contributed by atoms with Gasteiger partial charge in [-0.3, -0.25) is 4.90 Å². The number of carbonyl (C=O) groups excluding carboxylic acids is 1. The third kappa shape index (κ3) is 2.78. The largest absolute Gasteiger partial charge is 0.326 e. The van der Waals surface area contributed by atoms with Gasteiger partial charge in [-0.05, 0) is 55.3 Å². The average Bonchev–Trinajstić information content (AvgIpc) is 2.97. The van der Waals surface area contributed by atoms with Crippen LogP contribution in [0.5, 0.6) is 0 Å². The van der Waals surface area contributed by atoms with Gasteiger partial charge < -0.3 is 5.32 Å². The van der Waals surface area contributed by atoms with Crippen LogP contribution in [-0.2, 0) is 0 Å². The third-order valence-corrected chi connectivity index (χ3v) is 4.24. The summed E-state index contributed by atoms with van der Waals surface area (Å²) in [4.78, 5) is 14.0. The second-order valence-corrected chi connectivity index (χ2v) is 5.75. The number of anilines is 2. The molecule has 0 saturated carbocycles. The van der Waals surface area contributed by atoms with Crippen molar-refractivity contribution in [1.29, 1.82) is 0 Å². The predicted octanol–water partition coefficient (Wildman–Crippen LogP) is 3.98. The third-order valence-electron chi connectivity index (χ3n) is 3.69. The first-order valence-corrected chi connectivity index (χ1v) is 7.62. The van der Waals surface area contributed by atoms with Crippen LogP contribution in [0, 0.1) is 13.8 Å². The van der Waals surface area contributed by atoms with E-state index >= 15 is 0 Å². The number of aryl methyl sites for hydroxylation is 2. The van der Waals surface area contributed by atoms with Crippen LogP contribution >= 0.6 is 11.7 Å². The summed E-state index contributed by atoms with van der Waals surface area (Å²) in [6.07, 6.45) is 0. The van der Waals surface area contributed by atoms with Gasteiger partial charge in [0.05, 0.1) is 11.7 Å². The molecule has 0 fully saturated rings. The average molecular weight is 312 g/mol. The van der Waals surface area contributed by atoms with Gasteiger partial charge in [-0.1, -0.05) is 6.07 Å².